The Bertz CT molecular complexity index is 313. The summed E-state index contributed by atoms with van der Waals surface area (Å²) >= 11 is 11.9. The summed E-state index contributed by atoms with van der Waals surface area (Å²) in [6.07, 6.45) is 0.884. The van der Waals surface area contributed by atoms with Gasteiger partial charge in [-0.25, -0.2) is 0 Å². The quantitative estimate of drug-likeness (QED) is 0.839. The molecule has 1 atom stereocenters. The lowest BCUT2D eigenvalue weighted by molar-refractivity contribution is 0.238. The number of nitrogens with one attached hydrogen (secondary N) is 1. The highest BCUT2D eigenvalue weighted by molar-refractivity contribution is 6.42. The van der Waals surface area contributed by atoms with E-state index in [1.54, 1.807) is 6.07 Å². The van der Waals surface area contributed by atoms with Gasteiger partial charge in [-0.2, -0.15) is 0 Å². The first-order chi connectivity index (χ1) is 7.19. The fourth-order valence-electron chi connectivity index (χ4n) is 1.28. The molecule has 84 valence electrons. The van der Waals surface area contributed by atoms with Crippen LogP contribution in [0.3, 0.4) is 0 Å². The number of aliphatic hydroxyl groups excluding tert-OH is 1. The highest BCUT2D eigenvalue weighted by Gasteiger charge is 2.07. The molecule has 0 radical (unpaired) electrons. The van der Waals surface area contributed by atoms with Crippen molar-refractivity contribution in [2.45, 2.75) is 25.9 Å². The predicted molar refractivity (Wildman–Crippen MR) is 64.5 cm³/mol. The number of hydrogen-bond acceptors (Lipinski definition) is 2. The van der Waals surface area contributed by atoms with Crippen molar-refractivity contribution >= 4 is 23.2 Å². The van der Waals surface area contributed by atoms with Crippen molar-refractivity contribution in [2.75, 3.05) is 6.61 Å². The fraction of sp³-hybridized carbons (Fsp3) is 0.455. The smallest absolute Gasteiger partial charge is 0.0637 e. The zero-order valence-corrected chi connectivity index (χ0v) is 10.1. The van der Waals surface area contributed by atoms with Crippen LogP contribution in [0.1, 0.15) is 18.9 Å². The molecule has 0 amide bonds. The lowest BCUT2D eigenvalue weighted by atomic mass is 10.2. The monoisotopic (exact) mass is 247 g/mol. The largest absolute Gasteiger partial charge is 0.395 e. The number of halogens is 2. The van der Waals surface area contributed by atoms with E-state index in [0.29, 0.717) is 16.6 Å². The van der Waals surface area contributed by atoms with Crippen molar-refractivity contribution in [3.8, 4) is 0 Å². The number of rotatable bonds is 5. The van der Waals surface area contributed by atoms with Crippen molar-refractivity contribution in [1.82, 2.24) is 5.32 Å². The maximum Gasteiger partial charge on any atom is 0.0637 e. The van der Waals surface area contributed by atoms with Crippen molar-refractivity contribution in [3.63, 3.8) is 0 Å². The Morgan fingerprint density at radius 2 is 2.13 bits per heavy atom. The van der Waals surface area contributed by atoms with E-state index < -0.39 is 0 Å². The topological polar surface area (TPSA) is 32.3 Å². The molecule has 1 aromatic rings. The number of hydrogen-bond donors (Lipinski definition) is 2. The SMILES string of the molecule is CC[C@H](CO)NCc1cccc(Cl)c1Cl. The molecule has 0 saturated carbocycles. The van der Waals surface area contributed by atoms with Crippen LogP contribution in [0.25, 0.3) is 0 Å². The number of aliphatic hydroxyl groups is 1. The summed E-state index contributed by atoms with van der Waals surface area (Å²) in [6, 6.07) is 5.66. The Hall–Kier alpha value is -0.280. The molecule has 0 aliphatic rings. The van der Waals surface area contributed by atoms with E-state index in [1.807, 2.05) is 19.1 Å². The lowest BCUT2D eigenvalue weighted by Gasteiger charge is -2.14. The second kappa shape index (κ2) is 6.33. The van der Waals surface area contributed by atoms with E-state index in [1.165, 1.54) is 0 Å². The minimum Gasteiger partial charge on any atom is -0.395 e. The predicted octanol–water partition coefficient (Wildman–Crippen LogP) is 2.85. The molecule has 0 aliphatic heterocycles. The molecule has 0 spiro atoms. The Morgan fingerprint density at radius 3 is 2.73 bits per heavy atom. The minimum absolute atomic E-state index is 0.111. The van der Waals surface area contributed by atoms with Gasteiger partial charge in [0.1, 0.15) is 0 Å². The Kier molecular flexibility index (Phi) is 5.40. The first-order valence-electron chi connectivity index (χ1n) is 4.96. The zero-order chi connectivity index (χ0) is 11.3. The Balaban J connectivity index is 2.61. The van der Waals surface area contributed by atoms with E-state index in [9.17, 15) is 0 Å². The summed E-state index contributed by atoms with van der Waals surface area (Å²) in [5.74, 6) is 0. The van der Waals surface area contributed by atoms with Gasteiger partial charge in [-0.3, -0.25) is 0 Å². The van der Waals surface area contributed by atoms with Gasteiger partial charge in [0.15, 0.2) is 0 Å². The van der Waals surface area contributed by atoms with Gasteiger partial charge in [0.05, 0.1) is 16.7 Å². The first kappa shape index (κ1) is 12.8. The van der Waals surface area contributed by atoms with Crippen LogP contribution in [0.15, 0.2) is 18.2 Å². The van der Waals surface area contributed by atoms with Crippen LogP contribution in [0.4, 0.5) is 0 Å². The zero-order valence-electron chi connectivity index (χ0n) is 8.63. The second-order valence-electron chi connectivity index (χ2n) is 3.38. The molecule has 0 unspecified atom stereocenters. The fourth-order valence-corrected chi connectivity index (χ4v) is 1.66. The van der Waals surface area contributed by atoms with Gasteiger partial charge in [0.2, 0.25) is 0 Å². The molecule has 2 N–H and O–H groups in total. The molecule has 0 bridgehead atoms. The summed E-state index contributed by atoms with van der Waals surface area (Å²) in [4.78, 5) is 0. The molecule has 0 aliphatic carbocycles. The van der Waals surface area contributed by atoms with Crippen molar-refractivity contribution in [1.29, 1.82) is 0 Å². The molecule has 4 heteroatoms. The van der Waals surface area contributed by atoms with Crippen LogP contribution in [0.5, 0.6) is 0 Å². The molecule has 0 heterocycles. The van der Waals surface area contributed by atoms with E-state index in [2.05, 4.69) is 5.32 Å². The maximum absolute atomic E-state index is 9.01. The van der Waals surface area contributed by atoms with Crippen molar-refractivity contribution in [3.05, 3.63) is 33.8 Å². The van der Waals surface area contributed by atoms with E-state index >= 15 is 0 Å². The molecular formula is C11H15Cl2NO. The standard InChI is InChI=1S/C11H15Cl2NO/c1-2-9(7-15)14-6-8-4-3-5-10(12)11(8)13/h3-5,9,14-15H,2,6-7H2,1H3/t9-/m1/s1. The Morgan fingerprint density at radius 1 is 1.40 bits per heavy atom. The normalized spacial score (nSPS) is 12.8. The van der Waals surface area contributed by atoms with Gasteiger partial charge >= 0.3 is 0 Å². The van der Waals surface area contributed by atoms with E-state index in [-0.39, 0.29) is 12.6 Å². The van der Waals surface area contributed by atoms with Crippen LogP contribution in [0.2, 0.25) is 10.0 Å². The van der Waals surface area contributed by atoms with Gasteiger partial charge in [0.25, 0.3) is 0 Å². The molecule has 1 rings (SSSR count). The van der Waals surface area contributed by atoms with E-state index in [0.717, 1.165) is 12.0 Å². The van der Waals surface area contributed by atoms with E-state index in [4.69, 9.17) is 28.3 Å². The summed E-state index contributed by atoms with van der Waals surface area (Å²) in [5.41, 5.74) is 0.955. The highest BCUT2D eigenvalue weighted by atomic mass is 35.5. The third kappa shape index (κ3) is 3.65. The summed E-state index contributed by atoms with van der Waals surface area (Å²) in [6.45, 7) is 2.78. The second-order valence-corrected chi connectivity index (χ2v) is 4.17. The van der Waals surface area contributed by atoms with Gasteiger partial charge in [-0.1, -0.05) is 42.3 Å². The third-order valence-corrected chi connectivity index (χ3v) is 3.18. The first-order valence-corrected chi connectivity index (χ1v) is 5.71. The molecule has 0 fully saturated rings. The molecule has 0 aromatic heterocycles. The van der Waals surface area contributed by atoms with Crippen LogP contribution in [-0.2, 0) is 6.54 Å². The third-order valence-electron chi connectivity index (χ3n) is 2.33. The highest BCUT2D eigenvalue weighted by Crippen LogP contribution is 2.25. The van der Waals surface area contributed by atoms with Gasteiger partial charge in [0, 0.05) is 12.6 Å². The maximum atomic E-state index is 9.01. The van der Waals surface area contributed by atoms with Gasteiger partial charge in [-0.05, 0) is 18.1 Å². The van der Waals surface area contributed by atoms with Gasteiger partial charge < -0.3 is 10.4 Å². The minimum atomic E-state index is 0.111. The van der Waals surface area contributed by atoms with Crippen molar-refractivity contribution < 1.29 is 5.11 Å². The average Bonchev–Trinajstić information content (AvgIpc) is 2.25. The molecule has 1 aromatic carbocycles. The Labute approximate surface area is 100 Å². The van der Waals surface area contributed by atoms with Crippen molar-refractivity contribution in [2.24, 2.45) is 0 Å². The summed E-state index contributed by atoms with van der Waals surface area (Å²) < 4.78 is 0. The molecule has 0 saturated heterocycles. The summed E-state index contributed by atoms with van der Waals surface area (Å²) in [5, 5.41) is 13.4. The lowest BCUT2D eigenvalue weighted by Crippen LogP contribution is -2.31. The molecule has 15 heavy (non-hydrogen) atoms. The van der Waals surface area contributed by atoms with Crippen LogP contribution in [-0.4, -0.2) is 17.8 Å². The van der Waals surface area contributed by atoms with Crippen LogP contribution >= 0.6 is 23.2 Å². The average molecular weight is 248 g/mol. The molecular weight excluding hydrogens is 233 g/mol. The number of benzene rings is 1. The van der Waals surface area contributed by atoms with Crippen LogP contribution in [0, 0.1) is 0 Å². The molecule has 2 nitrogen and oxygen atoms in total. The summed E-state index contributed by atoms with van der Waals surface area (Å²) in [7, 11) is 0. The van der Waals surface area contributed by atoms with Crippen LogP contribution < -0.4 is 5.32 Å². The van der Waals surface area contributed by atoms with Gasteiger partial charge in [-0.15, -0.1) is 0 Å².